The topological polar surface area (TPSA) is 47.6 Å². The lowest BCUT2D eigenvalue weighted by Gasteiger charge is -2.28. The maximum Gasteiger partial charge on any atom is 0.0474 e. The molecule has 0 aromatic carbocycles. The van der Waals surface area contributed by atoms with Gasteiger partial charge in [-0.1, -0.05) is 6.92 Å². The molecule has 3 heteroatoms. The Morgan fingerprint density at radius 3 is 2.60 bits per heavy atom. The number of hydrogen-bond acceptors (Lipinski definition) is 3. The number of hydrogen-bond donors (Lipinski definition) is 1. The fraction of sp³-hybridized carbons (Fsp3) is 0.857. The van der Waals surface area contributed by atoms with Crippen molar-refractivity contribution >= 4 is 6.21 Å². The minimum Gasteiger partial charge on any atom is -0.381 e. The molecule has 0 amide bonds. The average molecular weight is 142 g/mol. The van der Waals surface area contributed by atoms with Gasteiger partial charge in [-0.25, -0.2) is 0 Å². The predicted octanol–water partition coefficient (Wildman–Crippen LogP) is 0.748. The van der Waals surface area contributed by atoms with Crippen molar-refractivity contribution in [3.8, 4) is 0 Å². The van der Waals surface area contributed by atoms with Gasteiger partial charge in [0.05, 0.1) is 0 Å². The Morgan fingerprint density at radius 2 is 2.10 bits per heavy atom. The largest absolute Gasteiger partial charge is 0.381 e. The van der Waals surface area contributed by atoms with Gasteiger partial charge < -0.3 is 10.6 Å². The molecule has 0 atom stereocenters. The summed E-state index contributed by atoms with van der Waals surface area (Å²) in [6, 6.07) is 0. The first-order valence-electron chi connectivity index (χ1n) is 3.59. The van der Waals surface area contributed by atoms with Crippen molar-refractivity contribution in [3.63, 3.8) is 0 Å². The van der Waals surface area contributed by atoms with Crippen LogP contribution in [0.15, 0.2) is 5.10 Å². The molecule has 2 N–H and O–H groups in total. The van der Waals surface area contributed by atoms with Gasteiger partial charge in [-0.3, -0.25) is 0 Å². The van der Waals surface area contributed by atoms with E-state index in [4.69, 9.17) is 10.6 Å². The zero-order chi connectivity index (χ0) is 7.45. The van der Waals surface area contributed by atoms with Gasteiger partial charge in [0.25, 0.3) is 0 Å². The molecular formula is C7H14N2O. The zero-order valence-electron chi connectivity index (χ0n) is 6.34. The highest BCUT2D eigenvalue weighted by molar-refractivity contribution is 5.64. The summed E-state index contributed by atoms with van der Waals surface area (Å²) in [6.07, 6.45) is 3.90. The fourth-order valence-corrected chi connectivity index (χ4v) is 1.15. The second kappa shape index (κ2) is 3.01. The van der Waals surface area contributed by atoms with Gasteiger partial charge in [0.2, 0.25) is 0 Å². The molecule has 1 aliphatic heterocycles. The standard InChI is InChI=1S/C7H14N2O/c1-7(6-9-8)2-4-10-5-3-7/h6H,2-5,8H2,1H3/b9-6+. The van der Waals surface area contributed by atoms with Crippen LogP contribution in [-0.4, -0.2) is 19.4 Å². The normalized spacial score (nSPS) is 25.3. The van der Waals surface area contributed by atoms with Crippen LogP contribution < -0.4 is 5.84 Å². The average Bonchev–Trinajstić information content (AvgIpc) is 1.89. The third kappa shape index (κ3) is 1.70. The summed E-state index contributed by atoms with van der Waals surface area (Å²) < 4.78 is 5.21. The van der Waals surface area contributed by atoms with Crippen molar-refractivity contribution < 1.29 is 4.74 Å². The first kappa shape index (κ1) is 7.54. The van der Waals surface area contributed by atoms with E-state index in [1.54, 1.807) is 0 Å². The Bertz CT molecular complexity index is 128. The molecule has 1 heterocycles. The van der Waals surface area contributed by atoms with Crippen LogP contribution in [0.4, 0.5) is 0 Å². The van der Waals surface area contributed by atoms with E-state index in [1.807, 2.05) is 6.21 Å². The van der Waals surface area contributed by atoms with Crippen molar-refractivity contribution in [1.82, 2.24) is 0 Å². The van der Waals surface area contributed by atoms with Gasteiger partial charge in [0, 0.05) is 24.8 Å². The van der Waals surface area contributed by atoms with E-state index in [0.717, 1.165) is 26.1 Å². The molecule has 0 radical (unpaired) electrons. The summed E-state index contributed by atoms with van der Waals surface area (Å²) >= 11 is 0. The van der Waals surface area contributed by atoms with Gasteiger partial charge >= 0.3 is 0 Å². The van der Waals surface area contributed by atoms with Crippen molar-refractivity contribution in [3.05, 3.63) is 0 Å². The lowest BCUT2D eigenvalue weighted by atomic mass is 9.84. The summed E-state index contributed by atoms with van der Waals surface area (Å²) in [6.45, 7) is 3.83. The van der Waals surface area contributed by atoms with E-state index in [2.05, 4.69) is 12.0 Å². The molecule has 1 saturated heterocycles. The van der Waals surface area contributed by atoms with E-state index in [9.17, 15) is 0 Å². The second-order valence-electron chi connectivity index (χ2n) is 3.04. The SMILES string of the molecule is CC1(/C=N/N)CCOCC1. The third-order valence-electron chi connectivity index (χ3n) is 2.02. The highest BCUT2D eigenvalue weighted by Crippen LogP contribution is 2.26. The van der Waals surface area contributed by atoms with Gasteiger partial charge in [-0.05, 0) is 12.8 Å². The van der Waals surface area contributed by atoms with Gasteiger partial charge in [0.15, 0.2) is 0 Å². The summed E-state index contributed by atoms with van der Waals surface area (Å²) in [7, 11) is 0. The molecule has 3 nitrogen and oxygen atoms in total. The number of nitrogens with two attached hydrogens (primary N) is 1. The molecule has 58 valence electrons. The number of hydrazone groups is 1. The van der Waals surface area contributed by atoms with E-state index in [-0.39, 0.29) is 5.41 Å². The van der Waals surface area contributed by atoms with E-state index in [1.165, 1.54) is 0 Å². The summed E-state index contributed by atoms with van der Waals surface area (Å²) in [4.78, 5) is 0. The quantitative estimate of drug-likeness (QED) is 0.333. The third-order valence-corrected chi connectivity index (χ3v) is 2.02. The van der Waals surface area contributed by atoms with Crippen molar-refractivity contribution in [1.29, 1.82) is 0 Å². The summed E-state index contributed by atoms with van der Waals surface area (Å²) in [5.41, 5.74) is 0.188. The Kier molecular flexibility index (Phi) is 2.27. The maximum absolute atomic E-state index is 5.21. The monoisotopic (exact) mass is 142 g/mol. The lowest BCUT2D eigenvalue weighted by Crippen LogP contribution is -2.28. The minimum atomic E-state index is 0.188. The van der Waals surface area contributed by atoms with Crippen LogP contribution in [0.3, 0.4) is 0 Å². The molecule has 1 rings (SSSR count). The van der Waals surface area contributed by atoms with Crippen molar-refractivity contribution in [2.24, 2.45) is 16.4 Å². The molecular weight excluding hydrogens is 128 g/mol. The number of ether oxygens (including phenoxy) is 1. The van der Waals surface area contributed by atoms with Crippen LogP contribution in [0.2, 0.25) is 0 Å². The van der Waals surface area contributed by atoms with Crippen LogP contribution in [0, 0.1) is 5.41 Å². The first-order valence-corrected chi connectivity index (χ1v) is 3.59. The number of rotatable bonds is 1. The molecule has 0 unspecified atom stereocenters. The molecule has 0 spiro atoms. The molecule has 0 saturated carbocycles. The Balaban J connectivity index is 2.48. The number of nitrogens with zero attached hydrogens (tertiary/aromatic N) is 1. The Hall–Kier alpha value is -0.570. The molecule has 0 aliphatic carbocycles. The van der Waals surface area contributed by atoms with Crippen LogP contribution in [-0.2, 0) is 4.74 Å². The second-order valence-corrected chi connectivity index (χ2v) is 3.04. The van der Waals surface area contributed by atoms with Crippen LogP contribution in [0.25, 0.3) is 0 Å². The molecule has 10 heavy (non-hydrogen) atoms. The van der Waals surface area contributed by atoms with Gasteiger partial charge in [-0.2, -0.15) is 5.10 Å². The first-order chi connectivity index (χ1) is 4.77. The molecule has 0 aromatic rings. The zero-order valence-corrected chi connectivity index (χ0v) is 6.34. The summed E-state index contributed by atoms with van der Waals surface area (Å²) in [5, 5.41) is 3.55. The van der Waals surface area contributed by atoms with E-state index < -0.39 is 0 Å². The van der Waals surface area contributed by atoms with Crippen molar-refractivity contribution in [2.45, 2.75) is 19.8 Å². The molecule has 0 bridgehead atoms. The molecule has 0 aromatic heterocycles. The lowest BCUT2D eigenvalue weighted by molar-refractivity contribution is 0.0541. The minimum absolute atomic E-state index is 0.188. The molecule has 1 fully saturated rings. The highest BCUT2D eigenvalue weighted by atomic mass is 16.5. The van der Waals surface area contributed by atoms with Gasteiger partial charge in [0.1, 0.15) is 0 Å². The maximum atomic E-state index is 5.21. The summed E-state index contributed by atoms with van der Waals surface area (Å²) in [5.74, 6) is 5.07. The fourth-order valence-electron chi connectivity index (χ4n) is 1.15. The van der Waals surface area contributed by atoms with Crippen LogP contribution >= 0.6 is 0 Å². The van der Waals surface area contributed by atoms with Crippen LogP contribution in [0.5, 0.6) is 0 Å². The predicted molar refractivity (Wildman–Crippen MR) is 40.8 cm³/mol. The highest BCUT2D eigenvalue weighted by Gasteiger charge is 2.24. The van der Waals surface area contributed by atoms with Crippen LogP contribution in [0.1, 0.15) is 19.8 Å². The van der Waals surface area contributed by atoms with Crippen molar-refractivity contribution in [2.75, 3.05) is 13.2 Å². The Morgan fingerprint density at radius 1 is 1.50 bits per heavy atom. The smallest absolute Gasteiger partial charge is 0.0474 e. The van der Waals surface area contributed by atoms with E-state index >= 15 is 0 Å². The molecule has 1 aliphatic rings. The van der Waals surface area contributed by atoms with E-state index in [0.29, 0.717) is 0 Å². The van der Waals surface area contributed by atoms with Gasteiger partial charge in [-0.15, -0.1) is 0 Å². The Labute approximate surface area is 61.2 Å².